The first-order valence-corrected chi connectivity index (χ1v) is 10.7. The number of ketones is 1. The van der Waals surface area contributed by atoms with Gasteiger partial charge in [0, 0.05) is 16.7 Å². The van der Waals surface area contributed by atoms with E-state index in [1.807, 2.05) is 6.07 Å². The summed E-state index contributed by atoms with van der Waals surface area (Å²) in [6.45, 7) is 1.74. The first kappa shape index (κ1) is 20.3. The summed E-state index contributed by atoms with van der Waals surface area (Å²) in [5.41, 5.74) is 2.55. The number of benzene rings is 3. The molecule has 1 amide bonds. The van der Waals surface area contributed by atoms with Crippen LogP contribution in [-0.2, 0) is 10.0 Å². The second kappa shape index (κ2) is 8.28. The van der Waals surface area contributed by atoms with E-state index in [1.54, 1.807) is 67.6 Å². The van der Waals surface area contributed by atoms with Gasteiger partial charge >= 0.3 is 0 Å². The molecular formula is C22H20N2O4S. The molecule has 2 N–H and O–H groups in total. The maximum absolute atomic E-state index is 12.8. The Kier molecular flexibility index (Phi) is 5.79. The van der Waals surface area contributed by atoms with E-state index in [0.29, 0.717) is 28.1 Å². The fourth-order valence-corrected chi connectivity index (χ4v) is 3.42. The predicted octanol–water partition coefficient (Wildman–Crippen LogP) is 3.85. The van der Waals surface area contributed by atoms with Crippen molar-refractivity contribution in [2.45, 2.75) is 6.92 Å². The summed E-state index contributed by atoms with van der Waals surface area (Å²) in [5.74, 6) is -0.653. The SMILES string of the molecule is Cc1ccc(C(=O)Nc2ccccc2C(=O)c2ccccc2)cc1NS(C)(=O)=O. The summed E-state index contributed by atoms with van der Waals surface area (Å²) >= 11 is 0. The van der Waals surface area contributed by atoms with E-state index in [1.165, 1.54) is 6.07 Å². The van der Waals surface area contributed by atoms with Gasteiger partial charge in [0.05, 0.1) is 17.6 Å². The van der Waals surface area contributed by atoms with Gasteiger partial charge in [-0.15, -0.1) is 0 Å². The molecule has 0 aromatic heterocycles. The number of rotatable bonds is 6. The predicted molar refractivity (Wildman–Crippen MR) is 114 cm³/mol. The molecule has 3 aromatic rings. The van der Waals surface area contributed by atoms with Crippen molar-refractivity contribution in [1.82, 2.24) is 0 Å². The number of carbonyl (C=O) groups is 2. The Balaban J connectivity index is 1.89. The average Bonchev–Trinajstić information content (AvgIpc) is 2.69. The summed E-state index contributed by atoms with van der Waals surface area (Å²) in [7, 11) is -3.48. The highest BCUT2D eigenvalue weighted by atomic mass is 32.2. The van der Waals surface area contributed by atoms with Crippen LogP contribution in [0.3, 0.4) is 0 Å². The first-order valence-electron chi connectivity index (χ1n) is 8.83. The fraction of sp³-hybridized carbons (Fsp3) is 0.0909. The molecule has 7 heteroatoms. The van der Waals surface area contributed by atoms with E-state index >= 15 is 0 Å². The number of sulfonamides is 1. The van der Waals surface area contributed by atoms with E-state index in [-0.39, 0.29) is 11.3 Å². The van der Waals surface area contributed by atoms with Crippen molar-refractivity contribution in [2.75, 3.05) is 16.3 Å². The summed E-state index contributed by atoms with van der Waals surface area (Å²) < 4.78 is 25.5. The number of anilines is 2. The second-order valence-corrected chi connectivity index (χ2v) is 8.35. The highest BCUT2D eigenvalue weighted by Gasteiger charge is 2.16. The van der Waals surface area contributed by atoms with Crippen LogP contribution in [0.15, 0.2) is 72.8 Å². The molecule has 148 valence electrons. The molecule has 3 aromatic carbocycles. The minimum atomic E-state index is -3.48. The maximum Gasteiger partial charge on any atom is 0.255 e. The third-order valence-corrected chi connectivity index (χ3v) is 4.84. The Hall–Kier alpha value is -3.45. The molecule has 0 unspecified atom stereocenters. The second-order valence-electron chi connectivity index (χ2n) is 6.60. The number of hydrogen-bond acceptors (Lipinski definition) is 4. The minimum Gasteiger partial charge on any atom is -0.321 e. The molecule has 0 saturated heterocycles. The highest BCUT2D eigenvalue weighted by molar-refractivity contribution is 7.92. The topological polar surface area (TPSA) is 92.3 Å². The molecule has 0 aliphatic heterocycles. The molecule has 0 spiro atoms. The lowest BCUT2D eigenvalue weighted by Gasteiger charge is -2.13. The molecule has 0 radical (unpaired) electrons. The number of amides is 1. The fourth-order valence-electron chi connectivity index (χ4n) is 2.80. The van der Waals surface area contributed by atoms with E-state index in [2.05, 4.69) is 10.0 Å². The van der Waals surface area contributed by atoms with Crippen molar-refractivity contribution in [2.24, 2.45) is 0 Å². The van der Waals surface area contributed by atoms with Crippen LogP contribution < -0.4 is 10.0 Å². The molecule has 0 fully saturated rings. The first-order chi connectivity index (χ1) is 13.7. The third kappa shape index (κ3) is 5.08. The lowest BCUT2D eigenvalue weighted by atomic mass is 10.0. The normalized spacial score (nSPS) is 11.0. The number of para-hydroxylation sites is 1. The molecule has 3 rings (SSSR count). The van der Waals surface area contributed by atoms with Gasteiger partial charge in [0.1, 0.15) is 0 Å². The van der Waals surface area contributed by atoms with Crippen LogP contribution in [0.5, 0.6) is 0 Å². The Morgan fingerprint density at radius 1 is 0.793 bits per heavy atom. The van der Waals surface area contributed by atoms with Gasteiger partial charge in [0.15, 0.2) is 5.78 Å². The summed E-state index contributed by atoms with van der Waals surface area (Å²) in [6.07, 6.45) is 1.05. The number of carbonyl (C=O) groups excluding carboxylic acids is 2. The molecule has 6 nitrogen and oxygen atoms in total. The largest absolute Gasteiger partial charge is 0.321 e. The van der Waals surface area contributed by atoms with Crippen LogP contribution in [0.4, 0.5) is 11.4 Å². The van der Waals surface area contributed by atoms with Gasteiger partial charge < -0.3 is 5.32 Å². The number of hydrogen-bond donors (Lipinski definition) is 2. The van der Waals surface area contributed by atoms with E-state index < -0.39 is 15.9 Å². The van der Waals surface area contributed by atoms with Crippen LogP contribution in [0.1, 0.15) is 31.8 Å². The monoisotopic (exact) mass is 408 g/mol. The van der Waals surface area contributed by atoms with Crippen molar-refractivity contribution >= 4 is 33.1 Å². The van der Waals surface area contributed by atoms with Gasteiger partial charge in [-0.25, -0.2) is 8.42 Å². The molecule has 0 heterocycles. The van der Waals surface area contributed by atoms with Crippen LogP contribution in [0, 0.1) is 6.92 Å². The zero-order chi connectivity index (χ0) is 21.0. The zero-order valence-corrected chi connectivity index (χ0v) is 16.8. The lowest BCUT2D eigenvalue weighted by molar-refractivity contribution is 0.102. The van der Waals surface area contributed by atoms with Gasteiger partial charge in [0.2, 0.25) is 10.0 Å². The Labute approximate surface area is 169 Å². The summed E-state index contributed by atoms with van der Waals surface area (Å²) in [4.78, 5) is 25.6. The van der Waals surface area contributed by atoms with Crippen LogP contribution in [0.25, 0.3) is 0 Å². The molecule has 0 bridgehead atoms. The number of nitrogens with one attached hydrogen (secondary N) is 2. The van der Waals surface area contributed by atoms with Crippen molar-refractivity contribution < 1.29 is 18.0 Å². The minimum absolute atomic E-state index is 0.204. The van der Waals surface area contributed by atoms with Gasteiger partial charge in [-0.3, -0.25) is 14.3 Å². The molecule has 0 aliphatic rings. The quantitative estimate of drug-likeness (QED) is 0.606. The standard InChI is InChI=1S/C22H20N2O4S/c1-15-12-13-17(14-20(15)24-29(2,27)28)22(26)23-19-11-7-6-10-18(19)21(25)16-8-4-3-5-9-16/h3-14,24H,1-2H3,(H,23,26). The number of aryl methyl sites for hydroxylation is 1. The van der Waals surface area contributed by atoms with Gasteiger partial charge in [-0.1, -0.05) is 48.5 Å². The smallest absolute Gasteiger partial charge is 0.255 e. The van der Waals surface area contributed by atoms with Gasteiger partial charge in [0.25, 0.3) is 5.91 Å². The Morgan fingerprint density at radius 2 is 1.45 bits per heavy atom. The molecule has 0 aliphatic carbocycles. The van der Waals surface area contributed by atoms with E-state index in [4.69, 9.17) is 0 Å². The van der Waals surface area contributed by atoms with Gasteiger partial charge in [-0.2, -0.15) is 0 Å². The molecule has 29 heavy (non-hydrogen) atoms. The third-order valence-electron chi connectivity index (χ3n) is 4.25. The Bertz CT molecular complexity index is 1170. The summed E-state index contributed by atoms with van der Waals surface area (Å²) in [5, 5.41) is 2.75. The molecular weight excluding hydrogens is 388 g/mol. The maximum atomic E-state index is 12.8. The van der Waals surface area contributed by atoms with Crippen molar-refractivity contribution in [3.8, 4) is 0 Å². The van der Waals surface area contributed by atoms with E-state index in [0.717, 1.165) is 6.26 Å². The lowest BCUT2D eigenvalue weighted by Crippen LogP contribution is -2.16. The summed E-state index contributed by atoms with van der Waals surface area (Å²) in [6, 6.07) is 20.3. The van der Waals surface area contributed by atoms with Crippen LogP contribution in [-0.4, -0.2) is 26.4 Å². The molecule has 0 atom stereocenters. The van der Waals surface area contributed by atoms with E-state index in [9.17, 15) is 18.0 Å². The van der Waals surface area contributed by atoms with Crippen molar-refractivity contribution in [3.05, 3.63) is 95.1 Å². The van der Waals surface area contributed by atoms with Crippen LogP contribution >= 0.6 is 0 Å². The Morgan fingerprint density at radius 3 is 2.14 bits per heavy atom. The molecule has 0 saturated carbocycles. The van der Waals surface area contributed by atoms with Crippen molar-refractivity contribution in [1.29, 1.82) is 0 Å². The van der Waals surface area contributed by atoms with Crippen molar-refractivity contribution in [3.63, 3.8) is 0 Å². The average molecular weight is 408 g/mol. The van der Waals surface area contributed by atoms with Crippen LogP contribution in [0.2, 0.25) is 0 Å². The zero-order valence-electron chi connectivity index (χ0n) is 16.0. The van der Waals surface area contributed by atoms with Gasteiger partial charge in [-0.05, 0) is 36.8 Å². The highest BCUT2D eigenvalue weighted by Crippen LogP contribution is 2.22.